The van der Waals surface area contributed by atoms with Crippen LogP contribution in [0.3, 0.4) is 0 Å². The molecule has 0 fully saturated rings. The molecule has 4 heteroatoms. The highest BCUT2D eigenvalue weighted by Gasteiger charge is 2.20. The smallest absolute Gasteiger partial charge is 0.241 e. The van der Waals surface area contributed by atoms with E-state index in [4.69, 9.17) is 10.8 Å². The number of nitrogens with two attached hydrogens (primary N) is 1. The molecule has 0 saturated carbocycles. The minimum absolute atomic E-state index is 0.0442. The van der Waals surface area contributed by atoms with Gasteiger partial charge in [-0.1, -0.05) is 44.2 Å². The SMILES string of the molecule is CC(C)C(CCO)NC(=O)[C@H](N)c1ccccc1. The van der Waals surface area contributed by atoms with Crippen LogP contribution in [0.5, 0.6) is 0 Å². The van der Waals surface area contributed by atoms with Gasteiger partial charge in [0.1, 0.15) is 6.04 Å². The van der Waals surface area contributed by atoms with Crippen LogP contribution in [-0.4, -0.2) is 23.7 Å². The maximum Gasteiger partial charge on any atom is 0.241 e. The third-order valence-corrected chi connectivity index (χ3v) is 3.01. The first kappa shape index (κ1) is 14.7. The van der Waals surface area contributed by atoms with Gasteiger partial charge < -0.3 is 16.2 Å². The molecule has 4 nitrogen and oxygen atoms in total. The Morgan fingerprint density at radius 3 is 2.44 bits per heavy atom. The number of rotatable bonds is 6. The quantitative estimate of drug-likeness (QED) is 0.710. The zero-order valence-corrected chi connectivity index (χ0v) is 11.0. The van der Waals surface area contributed by atoms with E-state index in [0.29, 0.717) is 6.42 Å². The topological polar surface area (TPSA) is 75.3 Å². The number of amides is 1. The molecule has 100 valence electrons. The molecule has 1 amide bonds. The van der Waals surface area contributed by atoms with Crippen LogP contribution in [0.25, 0.3) is 0 Å². The summed E-state index contributed by atoms with van der Waals surface area (Å²) in [5, 5.41) is 11.9. The number of aliphatic hydroxyl groups excluding tert-OH is 1. The van der Waals surface area contributed by atoms with Crippen LogP contribution in [0.4, 0.5) is 0 Å². The van der Waals surface area contributed by atoms with E-state index in [2.05, 4.69) is 5.32 Å². The van der Waals surface area contributed by atoms with Crippen molar-refractivity contribution in [3.63, 3.8) is 0 Å². The van der Waals surface area contributed by atoms with Gasteiger partial charge in [0.05, 0.1) is 0 Å². The summed E-state index contributed by atoms with van der Waals surface area (Å²) < 4.78 is 0. The number of hydrogen-bond acceptors (Lipinski definition) is 3. The lowest BCUT2D eigenvalue weighted by atomic mass is 10.00. The fourth-order valence-electron chi connectivity index (χ4n) is 1.80. The molecule has 0 aromatic heterocycles. The number of hydrogen-bond donors (Lipinski definition) is 3. The number of benzene rings is 1. The van der Waals surface area contributed by atoms with Gasteiger partial charge in [-0.2, -0.15) is 0 Å². The molecule has 0 aliphatic heterocycles. The van der Waals surface area contributed by atoms with Crippen molar-refractivity contribution in [3.05, 3.63) is 35.9 Å². The minimum atomic E-state index is -0.661. The van der Waals surface area contributed by atoms with Crippen LogP contribution < -0.4 is 11.1 Å². The maximum atomic E-state index is 12.0. The van der Waals surface area contributed by atoms with Crippen molar-refractivity contribution >= 4 is 5.91 Å². The van der Waals surface area contributed by atoms with Gasteiger partial charge >= 0.3 is 0 Å². The zero-order chi connectivity index (χ0) is 13.5. The van der Waals surface area contributed by atoms with Crippen molar-refractivity contribution in [2.75, 3.05) is 6.61 Å². The first-order valence-corrected chi connectivity index (χ1v) is 6.28. The van der Waals surface area contributed by atoms with Crippen LogP contribution >= 0.6 is 0 Å². The average Bonchev–Trinajstić information content (AvgIpc) is 2.38. The lowest BCUT2D eigenvalue weighted by molar-refractivity contribution is -0.123. The van der Waals surface area contributed by atoms with Gasteiger partial charge in [-0.05, 0) is 17.9 Å². The molecule has 0 aliphatic carbocycles. The Hall–Kier alpha value is -1.39. The van der Waals surface area contributed by atoms with E-state index < -0.39 is 6.04 Å². The first-order valence-electron chi connectivity index (χ1n) is 6.28. The Morgan fingerprint density at radius 2 is 1.94 bits per heavy atom. The van der Waals surface area contributed by atoms with Crippen molar-refractivity contribution in [3.8, 4) is 0 Å². The molecule has 2 atom stereocenters. The second-order valence-electron chi connectivity index (χ2n) is 4.76. The summed E-state index contributed by atoms with van der Waals surface area (Å²) in [7, 11) is 0. The summed E-state index contributed by atoms with van der Waals surface area (Å²) in [6.45, 7) is 4.08. The molecule has 4 N–H and O–H groups in total. The van der Waals surface area contributed by atoms with Crippen molar-refractivity contribution < 1.29 is 9.90 Å². The van der Waals surface area contributed by atoms with Gasteiger partial charge in [-0.3, -0.25) is 4.79 Å². The van der Waals surface area contributed by atoms with Crippen LogP contribution in [-0.2, 0) is 4.79 Å². The Balaban J connectivity index is 2.64. The number of nitrogens with one attached hydrogen (secondary N) is 1. The van der Waals surface area contributed by atoms with Crippen LogP contribution in [0.1, 0.15) is 31.9 Å². The summed E-state index contributed by atoms with van der Waals surface area (Å²) >= 11 is 0. The van der Waals surface area contributed by atoms with Gasteiger partial charge in [-0.25, -0.2) is 0 Å². The van der Waals surface area contributed by atoms with Gasteiger partial charge in [0.2, 0.25) is 5.91 Å². The summed E-state index contributed by atoms with van der Waals surface area (Å²) in [4.78, 5) is 12.0. The third-order valence-electron chi connectivity index (χ3n) is 3.01. The predicted molar refractivity (Wildman–Crippen MR) is 71.8 cm³/mol. The van der Waals surface area contributed by atoms with Crippen LogP contribution in [0.2, 0.25) is 0 Å². The summed E-state index contributed by atoms with van der Waals surface area (Å²) in [5.41, 5.74) is 6.70. The van der Waals surface area contributed by atoms with E-state index in [-0.39, 0.29) is 24.5 Å². The third kappa shape index (κ3) is 4.13. The predicted octanol–water partition coefficient (Wildman–Crippen LogP) is 1.21. The molecule has 0 spiro atoms. The molecule has 0 aliphatic rings. The second kappa shape index (κ2) is 7.13. The first-order chi connectivity index (χ1) is 8.56. The molecular weight excluding hydrogens is 228 g/mol. The molecule has 0 heterocycles. The van der Waals surface area contributed by atoms with E-state index >= 15 is 0 Å². The molecule has 1 aromatic rings. The largest absolute Gasteiger partial charge is 0.396 e. The van der Waals surface area contributed by atoms with Gasteiger partial charge in [0.25, 0.3) is 0 Å². The van der Waals surface area contributed by atoms with E-state index in [1.54, 1.807) is 0 Å². The van der Waals surface area contributed by atoms with Gasteiger partial charge in [0, 0.05) is 12.6 Å². The summed E-state index contributed by atoms with van der Waals surface area (Å²) in [5.74, 6) is 0.0671. The lowest BCUT2D eigenvalue weighted by Gasteiger charge is -2.23. The minimum Gasteiger partial charge on any atom is -0.396 e. The van der Waals surface area contributed by atoms with Crippen molar-refractivity contribution in [2.24, 2.45) is 11.7 Å². The zero-order valence-electron chi connectivity index (χ0n) is 11.0. The molecular formula is C14H22N2O2. The molecule has 0 radical (unpaired) electrons. The van der Waals surface area contributed by atoms with E-state index in [1.807, 2.05) is 44.2 Å². The number of carbonyl (C=O) groups excluding carboxylic acids is 1. The summed E-state index contributed by atoms with van der Waals surface area (Å²) in [6, 6.07) is 8.56. The highest BCUT2D eigenvalue weighted by Crippen LogP contribution is 2.12. The Labute approximate surface area is 108 Å². The van der Waals surface area contributed by atoms with E-state index in [9.17, 15) is 4.79 Å². The highest BCUT2D eigenvalue weighted by molar-refractivity contribution is 5.83. The Bertz CT molecular complexity index is 365. The fourth-order valence-corrected chi connectivity index (χ4v) is 1.80. The van der Waals surface area contributed by atoms with Crippen molar-refractivity contribution in [1.82, 2.24) is 5.32 Å². The normalized spacial score (nSPS) is 14.3. The van der Waals surface area contributed by atoms with Crippen molar-refractivity contribution in [1.29, 1.82) is 0 Å². The Kier molecular flexibility index (Phi) is 5.82. The maximum absolute atomic E-state index is 12.0. The molecule has 0 saturated heterocycles. The molecule has 0 bridgehead atoms. The monoisotopic (exact) mass is 250 g/mol. The average molecular weight is 250 g/mol. The standard InChI is InChI=1S/C14H22N2O2/c1-10(2)12(8-9-17)16-14(18)13(15)11-6-4-3-5-7-11/h3-7,10,12-13,17H,8-9,15H2,1-2H3,(H,16,18)/t12?,13-/m1/s1. The summed E-state index contributed by atoms with van der Waals surface area (Å²) in [6.07, 6.45) is 0.547. The fraction of sp³-hybridized carbons (Fsp3) is 0.500. The molecule has 18 heavy (non-hydrogen) atoms. The molecule has 1 unspecified atom stereocenters. The second-order valence-corrected chi connectivity index (χ2v) is 4.76. The van der Waals surface area contributed by atoms with Gasteiger partial charge in [-0.15, -0.1) is 0 Å². The van der Waals surface area contributed by atoms with Crippen LogP contribution in [0, 0.1) is 5.92 Å². The molecule has 1 aromatic carbocycles. The molecule has 1 rings (SSSR count). The van der Waals surface area contributed by atoms with Gasteiger partial charge in [0.15, 0.2) is 0 Å². The highest BCUT2D eigenvalue weighted by atomic mass is 16.3. The van der Waals surface area contributed by atoms with E-state index in [1.165, 1.54) is 0 Å². The number of carbonyl (C=O) groups is 1. The lowest BCUT2D eigenvalue weighted by Crippen LogP contribution is -2.43. The Morgan fingerprint density at radius 1 is 1.33 bits per heavy atom. The van der Waals surface area contributed by atoms with Crippen molar-refractivity contribution in [2.45, 2.75) is 32.4 Å². The van der Waals surface area contributed by atoms with E-state index in [0.717, 1.165) is 5.56 Å². The van der Waals surface area contributed by atoms with Crippen LogP contribution in [0.15, 0.2) is 30.3 Å². The number of aliphatic hydroxyl groups is 1.